The minimum atomic E-state index is -0.334. The lowest BCUT2D eigenvalue weighted by Crippen LogP contribution is -2.47. The summed E-state index contributed by atoms with van der Waals surface area (Å²) in [4.78, 5) is 19.8. The number of pyridine rings is 1. The van der Waals surface area contributed by atoms with Gasteiger partial charge in [0.05, 0.1) is 19.7 Å². The van der Waals surface area contributed by atoms with Crippen LogP contribution < -0.4 is 35.5 Å². The summed E-state index contributed by atoms with van der Waals surface area (Å²) in [5.74, 6) is 2.94. The minimum absolute atomic E-state index is 0.211. The number of carbonyl (C=O) groups excluding carboxylic acids is 1. The molecule has 2 unspecified atom stereocenters. The molecule has 1 aliphatic heterocycles. The number of aromatic nitrogens is 1. The van der Waals surface area contributed by atoms with Crippen molar-refractivity contribution in [2.45, 2.75) is 32.1 Å². The zero-order valence-electron chi connectivity index (χ0n) is 25.9. The van der Waals surface area contributed by atoms with Crippen LogP contribution in [-0.4, -0.2) is 44.9 Å². The molecule has 0 saturated carbocycles. The normalized spacial score (nSPS) is 19.6. The number of anilines is 3. The number of nitrogens with zero attached hydrogens (tertiary/aromatic N) is 2. The van der Waals surface area contributed by atoms with E-state index in [0.717, 1.165) is 43.5 Å². The second kappa shape index (κ2) is 13.5. The van der Waals surface area contributed by atoms with Crippen LogP contribution in [0.15, 0.2) is 85.1 Å². The largest absolute Gasteiger partial charge is 0.493 e. The van der Waals surface area contributed by atoms with Crippen molar-refractivity contribution in [1.82, 2.24) is 4.98 Å². The van der Waals surface area contributed by atoms with E-state index in [2.05, 4.69) is 44.8 Å². The minimum Gasteiger partial charge on any atom is -0.493 e. The number of hydrogen-bond donors (Lipinski definition) is 3. The van der Waals surface area contributed by atoms with Gasteiger partial charge in [-0.05, 0) is 98.5 Å². The van der Waals surface area contributed by atoms with Gasteiger partial charge >= 0.3 is 6.03 Å². The molecule has 9 heteroatoms. The lowest BCUT2D eigenvalue weighted by Gasteiger charge is -2.46. The Hall–Kier alpha value is -4.76. The summed E-state index contributed by atoms with van der Waals surface area (Å²) in [6.45, 7) is 2.80. The molecule has 1 aromatic heterocycles. The van der Waals surface area contributed by atoms with E-state index in [1.54, 1.807) is 32.5 Å². The number of ether oxygens (including phenoxy) is 3. The number of carbonyl (C=O) groups is 1. The predicted molar refractivity (Wildman–Crippen MR) is 180 cm³/mol. The van der Waals surface area contributed by atoms with Gasteiger partial charge in [0.15, 0.2) is 11.5 Å². The Kier molecular flexibility index (Phi) is 9.07. The van der Waals surface area contributed by atoms with Crippen molar-refractivity contribution in [2.75, 3.05) is 49.4 Å². The van der Waals surface area contributed by atoms with Gasteiger partial charge in [-0.2, -0.15) is 0 Å². The second-order valence-electron chi connectivity index (χ2n) is 11.9. The molecule has 2 amide bonds. The Bertz CT molecular complexity index is 1670. The quantitative estimate of drug-likeness (QED) is 0.168. The highest BCUT2D eigenvalue weighted by Crippen LogP contribution is 2.44. The van der Waals surface area contributed by atoms with Crippen molar-refractivity contribution >= 4 is 34.0 Å². The van der Waals surface area contributed by atoms with Crippen LogP contribution in [0.5, 0.6) is 23.0 Å². The van der Waals surface area contributed by atoms with Gasteiger partial charge in [-0.25, -0.2) is 4.79 Å². The smallest absolute Gasteiger partial charge is 0.323 e. The van der Waals surface area contributed by atoms with Crippen molar-refractivity contribution in [3.8, 4) is 23.0 Å². The molecule has 0 radical (unpaired) electrons. The fourth-order valence-corrected chi connectivity index (χ4v) is 6.69. The van der Waals surface area contributed by atoms with Crippen LogP contribution in [-0.2, 0) is 0 Å². The van der Waals surface area contributed by atoms with Gasteiger partial charge < -0.3 is 35.5 Å². The Morgan fingerprint density at radius 2 is 1.78 bits per heavy atom. The number of amides is 2. The van der Waals surface area contributed by atoms with Crippen LogP contribution in [0.3, 0.4) is 0 Å². The third-order valence-corrected chi connectivity index (χ3v) is 9.21. The SMILES string of the molecule is COc1cc2nccc(Oc3cccc(NC(=O)Nc4ccc(N5CCCC(C6(CN)CC=CCC6)C5)cc4)c3)c2cc1OC. The first-order valence-corrected chi connectivity index (χ1v) is 15.6. The first kappa shape index (κ1) is 30.3. The average molecular weight is 608 g/mol. The van der Waals surface area contributed by atoms with E-state index >= 15 is 0 Å². The van der Waals surface area contributed by atoms with Crippen LogP contribution in [0.4, 0.5) is 21.9 Å². The highest BCUT2D eigenvalue weighted by Gasteiger charge is 2.39. The number of allylic oxidation sites excluding steroid dienone is 2. The monoisotopic (exact) mass is 607 g/mol. The topological polar surface area (TPSA) is 111 Å². The van der Waals surface area contributed by atoms with Crippen molar-refractivity contribution in [2.24, 2.45) is 17.1 Å². The van der Waals surface area contributed by atoms with E-state index in [1.807, 2.05) is 42.5 Å². The Labute approximate surface area is 264 Å². The molecular formula is C36H41N5O4. The van der Waals surface area contributed by atoms with Gasteiger partial charge in [-0.1, -0.05) is 18.2 Å². The molecule has 2 atom stereocenters. The van der Waals surface area contributed by atoms with Crippen LogP contribution >= 0.6 is 0 Å². The number of nitrogens with one attached hydrogen (secondary N) is 2. The summed E-state index contributed by atoms with van der Waals surface area (Å²) in [5, 5.41) is 6.63. The van der Waals surface area contributed by atoms with Crippen LogP contribution in [0.1, 0.15) is 32.1 Å². The van der Waals surface area contributed by atoms with Crippen LogP contribution in [0, 0.1) is 11.3 Å². The number of benzene rings is 3. The molecule has 1 saturated heterocycles. The maximum Gasteiger partial charge on any atom is 0.323 e. The summed E-state index contributed by atoms with van der Waals surface area (Å²) in [6, 6.07) is 20.5. The fourth-order valence-electron chi connectivity index (χ4n) is 6.69. The standard InChI is InChI=1S/C36H41N5O4/c1-43-33-21-30-31(22-34(33)44-2)38-18-15-32(30)45-29-10-6-9-27(20-29)40-35(42)39-26-11-13-28(14-12-26)41-19-7-8-25(23-41)36(24-37)16-4-3-5-17-36/h3-4,6,9-15,18,20-22,25H,5,7-8,16-17,19,23-24,37H2,1-2H3,(H2,39,40,42). The molecule has 2 aliphatic rings. The van der Waals surface area contributed by atoms with E-state index in [4.69, 9.17) is 19.9 Å². The molecule has 2 heterocycles. The van der Waals surface area contributed by atoms with Gasteiger partial charge in [0.1, 0.15) is 11.5 Å². The van der Waals surface area contributed by atoms with E-state index in [9.17, 15) is 4.79 Å². The van der Waals surface area contributed by atoms with Gasteiger partial charge in [0.2, 0.25) is 0 Å². The fraction of sp³-hybridized carbons (Fsp3) is 0.333. The summed E-state index contributed by atoms with van der Waals surface area (Å²) < 4.78 is 17.1. The molecule has 234 valence electrons. The van der Waals surface area contributed by atoms with Crippen LogP contribution in [0.25, 0.3) is 10.9 Å². The second-order valence-corrected chi connectivity index (χ2v) is 11.9. The molecule has 0 spiro atoms. The molecule has 1 fully saturated rings. The van der Waals surface area contributed by atoms with Gasteiger partial charge in [-0.15, -0.1) is 0 Å². The Morgan fingerprint density at radius 1 is 0.978 bits per heavy atom. The maximum atomic E-state index is 12.9. The Morgan fingerprint density at radius 3 is 2.53 bits per heavy atom. The third kappa shape index (κ3) is 6.68. The number of rotatable bonds is 9. The number of urea groups is 1. The zero-order valence-corrected chi connectivity index (χ0v) is 25.9. The lowest BCUT2D eigenvalue weighted by molar-refractivity contribution is 0.131. The first-order chi connectivity index (χ1) is 22.0. The zero-order chi connectivity index (χ0) is 31.2. The highest BCUT2D eigenvalue weighted by molar-refractivity contribution is 6.00. The highest BCUT2D eigenvalue weighted by atomic mass is 16.5. The summed E-state index contributed by atoms with van der Waals surface area (Å²) in [7, 11) is 3.18. The first-order valence-electron chi connectivity index (χ1n) is 15.6. The average Bonchev–Trinajstić information content (AvgIpc) is 3.08. The van der Waals surface area contributed by atoms with Crippen molar-refractivity contribution in [1.29, 1.82) is 0 Å². The van der Waals surface area contributed by atoms with Crippen molar-refractivity contribution < 1.29 is 19.0 Å². The number of nitrogens with two attached hydrogens (primary N) is 1. The lowest BCUT2D eigenvalue weighted by atomic mass is 9.65. The number of fused-ring (bicyclic) bond motifs is 1. The molecule has 0 bridgehead atoms. The summed E-state index contributed by atoms with van der Waals surface area (Å²) in [5.41, 5.74) is 9.77. The van der Waals surface area contributed by atoms with Crippen molar-refractivity contribution in [3.63, 3.8) is 0 Å². The molecule has 9 nitrogen and oxygen atoms in total. The molecule has 45 heavy (non-hydrogen) atoms. The molecular weight excluding hydrogens is 566 g/mol. The summed E-state index contributed by atoms with van der Waals surface area (Å²) in [6.07, 6.45) is 12.1. The molecule has 4 aromatic rings. The molecule has 4 N–H and O–H groups in total. The van der Waals surface area contributed by atoms with Gasteiger partial charge in [0.25, 0.3) is 0 Å². The van der Waals surface area contributed by atoms with E-state index < -0.39 is 0 Å². The van der Waals surface area contributed by atoms with Crippen LogP contribution in [0.2, 0.25) is 0 Å². The molecule has 1 aliphatic carbocycles. The van der Waals surface area contributed by atoms with Crippen molar-refractivity contribution in [3.05, 3.63) is 85.1 Å². The number of methoxy groups -OCH3 is 2. The summed E-state index contributed by atoms with van der Waals surface area (Å²) >= 11 is 0. The molecule has 6 rings (SSSR count). The third-order valence-electron chi connectivity index (χ3n) is 9.21. The van der Waals surface area contributed by atoms with E-state index in [0.29, 0.717) is 40.1 Å². The Balaban J connectivity index is 1.08. The maximum absolute atomic E-state index is 12.9. The van der Waals surface area contributed by atoms with E-state index in [-0.39, 0.29) is 11.4 Å². The predicted octanol–water partition coefficient (Wildman–Crippen LogP) is 7.59. The number of piperidine rings is 1. The van der Waals surface area contributed by atoms with Gasteiger partial charge in [-0.3, -0.25) is 4.98 Å². The van der Waals surface area contributed by atoms with E-state index in [1.165, 1.54) is 24.9 Å². The number of hydrogen-bond acceptors (Lipinski definition) is 7. The molecule has 3 aromatic carbocycles. The van der Waals surface area contributed by atoms with Gasteiger partial charge in [0, 0.05) is 53.9 Å².